The Morgan fingerprint density at radius 2 is 1.96 bits per heavy atom. The third-order valence-corrected chi connectivity index (χ3v) is 7.09. The van der Waals surface area contributed by atoms with Gasteiger partial charge in [0.15, 0.2) is 0 Å². The number of hydrogen-bond acceptors (Lipinski definition) is 2. The predicted molar refractivity (Wildman–Crippen MR) is 104 cm³/mol. The fourth-order valence-electron chi connectivity index (χ4n) is 6.50. The molecule has 0 radical (unpaired) electrons. The summed E-state index contributed by atoms with van der Waals surface area (Å²) in [6.45, 7) is 2.76. The van der Waals surface area contributed by atoms with Crippen LogP contribution in [-0.4, -0.2) is 15.5 Å². The van der Waals surface area contributed by atoms with Crippen molar-refractivity contribution in [2.24, 2.45) is 17.3 Å². The van der Waals surface area contributed by atoms with Crippen LogP contribution >= 0.6 is 0 Å². The molecule has 2 unspecified atom stereocenters. The number of nitrogens with one attached hydrogen (secondary N) is 1. The van der Waals surface area contributed by atoms with Gasteiger partial charge in [0.05, 0.1) is 6.33 Å². The van der Waals surface area contributed by atoms with Crippen molar-refractivity contribution in [3.8, 4) is 0 Å². The van der Waals surface area contributed by atoms with Gasteiger partial charge in [-0.25, -0.2) is 4.98 Å². The Balaban J connectivity index is 0.00000180. The Labute approximate surface area is 156 Å². The normalized spacial score (nSPS) is 34.8. The summed E-state index contributed by atoms with van der Waals surface area (Å²) in [6.07, 6.45) is 13.7. The largest absolute Gasteiger partial charge is 0.328 e. The van der Waals surface area contributed by atoms with Gasteiger partial charge >= 0.3 is 0 Å². The number of hydrogen-bond donors (Lipinski definition) is 1. The number of anilines is 1. The van der Waals surface area contributed by atoms with Crippen molar-refractivity contribution in [1.82, 2.24) is 9.55 Å². The van der Waals surface area contributed by atoms with Crippen LogP contribution in [0.5, 0.6) is 0 Å². The van der Waals surface area contributed by atoms with Gasteiger partial charge in [0.1, 0.15) is 6.54 Å². The highest BCUT2D eigenvalue weighted by atomic mass is 16.1. The van der Waals surface area contributed by atoms with Gasteiger partial charge in [-0.2, -0.15) is 0 Å². The lowest BCUT2D eigenvalue weighted by Gasteiger charge is -2.63. The fourth-order valence-corrected chi connectivity index (χ4v) is 6.50. The van der Waals surface area contributed by atoms with Gasteiger partial charge in [-0.1, -0.05) is 19.1 Å². The summed E-state index contributed by atoms with van der Waals surface area (Å²) in [6, 6.07) is 8.61. The summed E-state index contributed by atoms with van der Waals surface area (Å²) in [5, 5.41) is 2.99. The first-order valence-electron chi connectivity index (χ1n) is 9.88. The van der Waals surface area contributed by atoms with Gasteiger partial charge < -0.3 is 9.88 Å². The lowest BCUT2D eigenvalue weighted by Crippen LogP contribution is -2.53. The first kappa shape index (κ1) is 16.1. The number of aromatic nitrogens is 2. The molecule has 1 aromatic carbocycles. The SMILES string of the molecule is CC1(c2ccc(NC(=O)Cn3ccnc3)cc2)CC2CC3CC(C3)(C2)C1.[HH]. The fraction of sp³-hybridized carbons (Fsp3) is 0.545. The first-order valence-corrected chi connectivity index (χ1v) is 9.88. The summed E-state index contributed by atoms with van der Waals surface area (Å²) in [7, 11) is 0. The predicted octanol–water partition coefficient (Wildman–Crippen LogP) is 4.63. The van der Waals surface area contributed by atoms with E-state index >= 15 is 0 Å². The van der Waals surface area contributed by atoms with E-state index in [1.165, 1.54) is 44.1 Å². The van der Waals surface area contributed by atoms with Crippen LogP contribution in [0, 0.1) is 17.3 Å². The average Bonchev–Trinajstić information content (AvgIpc) is 3.06. The van der Waals surface area contributed by atoms with Crippen LogP contribution in [0.2, 0.25) is 0 Å². The second kappa shape index (κ2) is 5.70. The minimum atomic E-state index is -0.0199. The molecular weight excluding hydrogens is 322 g/mol. The van der Waals surface area contributed by atoms with Gasteiger partial charge in [0, 0.05) is 19.5 Å². The van der Waals surface area contributed by atoms with Crippen molar-refractivity contribution in [2.45, 2.75) is 57.4 Å². The Kier molecular flexibility index (Phi) is 3.53. The van der Waals surface area contributed by atoms with E-state index in [1.54, 1.807) is 23.3 Å². The maximum Gasteiger partial charge on any atom is 0.244 e. The number of imidazole rings is 1. The molecule has 2 atom stereocenters. The van der Waals surface area contributed by atoms with E-state index in [1.807, 2.05) is 0 Å². The van der Waals surface area contributed by atoms with Crippen molar-refractivity contribution < 1.29 is 6.22 Å². The standard InChI is InChI=1S/C22H27N3O.H2/c1-21(9-16-8-17-11-22(10-16,12-17)14-21)18-2-4-19(5-3-18)24-20(26)13-25-7-6-23-15-25;/h2-7,15-17H,8-14H2,1H3,(H,24,26);1H. The van der Waals surface area contributed by atoms with Crippen molar-refractivity contribution in [1.29, 1.82) is 0 Å². The van der Waals surface area contributed by atoms with Gasteiger partial charge in [-0.15, -0.1) is 0 Å². The van der Waals surface area contributed by atoms with E-state index < -0.39 is 0 Å². The van der Waals surface area contributed by atoms with Gasteiger partial charge in [-0.05, 0) is 78.9 Å². The minimum absolute atomic E-state index is 0. The highest BCUT2D eigenvalue weighted by molar-refractivity contribution is 5.90. The molecule has 0 saturated heterocycles. The Hall–Kier alpha value is -2.10. The zero-order valence-corrected chi connectivity index (χ0v) is 15.4. The second-order valence-electron chi connectivity index (χ2n) is 9.38. The van der Waals surface area contributed by atoms with Crippen LogP contribution in [0.15, 0.2) is 43.0 Å². The third-order valence-electron chi connectivity index (χ3n) is 7.09. The summed E-state index contributed by atoms with van der Waals surface area (Å²) < 4.78 is 1.77. The second-order valence-corrected chi connectivity index (χ2v) is 9.38. The molecular formula is C22H29N3O. The molecule has 4 nitrogen and oxygen atoms in total. The van der Waals surface area contributed by atoms with Gasteiger partial charge in [-0.3, -0.25) is 4.79 Å². The zero-order chi connectivity index (χ0) is 17.8. The number of nitrogens with zero attached hydrogens (tertiary/aromatic N) is 2. The van der Waals surface area contributed by atoms with Crippen LogP contribution in [0.4, 0.5) is 5.69 Å². The summed E-state index contributed by atoms with van der Waals surface area (Å²) >= 11 is 0. The lowest BCUT2D eigenvalue weighted by molar-refractivity contribution is -0.116. The molecule has 1 heterocycles. The Morgan fingerprint density at radius 1 is 1.23 bits per heavy atom. The maximum absolute atomic E-state index is 12.1. The molecule has 4 heteroatoms. The molecule has 4 fully saturated rings. The molecule has 1 spiro atoms. The van der Waals surface area contributed by atoms with Gasteiger partial charge in [0.25, 0.3) is 0 Å². The summed E-state index contributed by atoms with van der Waals surface area (Å²) in [5.41, 5.74) is 3.27. The third kappa shape index (κ3) is 2.76. The van der Waals surface area contributed by atoms with E-state index in [-0.39, 0.29) is 7.33 Å². The molecule has 138 valence electrons. The smallest absolute Gasteiger partial charge is 0.244 e. The molecule has 3 bridgehead atoms. The molecule has 4 aliphatic rings. The quantitative estimate of drug-likeness (QED) is 0.873. The van der Waals surface area contributed by atoms with E-state index in [2.05, 4.69) is 41.5 Å². The van der Waals surface area contributed by atoms with Gasteiger partial charge in [0.2, 0.25) is 5.91 Å². The zero-order valence-electron chi connectivity index (χ0n) is 15.4. The van der Waals surface area contributed by atoms with Crippen molar-refractivity contribution in [3.63, 3.8) is 0 Å². The molecule has 0 aliphatic heterocycles. The van der Waals surface area contributed by atoms with Crippen LogP contribution in [-0.2, 0) is 16.8 Å². The number of amides is 1. The van der Waals surface area contributed by atoms with Crippen molar-refractivity contribution >= 4 is 11.6 Å². The molecule has 4 saturated carbocycles. The molecule has 4 aliphatic carbocycles. The molecule has 1 aromatic heterocycles. The molecule has 6 rings (SSSR count). The minimum Gasteiger partial charge on any atom is -0.328 e. The Morgan fingerprint density at radius 3 is 2.62 bits per heavy atom. The van der Waals surface area contributed by atoms with Crippen molar-refractivity contribution in [3.05, 3.63) is 48.5 Å². The summed E-state index contributed by atoms with van der Waals surface area (Å²) in [5.74, 6) is 1.94. The van der Waals surface area contributed by atoms with E-state index in [0.29, 0.717) is 17.4 Å². The van der Waals surface area contributed by atoms with Crippen LogP contribution < -0.4 is 5.32 Å². The lowest BCUT2D eigenvalue weighted by atomic mass is 9.42. The number of carbonyl (C=O) groups is 1. The monoisotopic (exact) mass is 351 g/mol. The van der Waals surface area contributed by atoms with Crippen LogP contribution in [0.3, 0.4) is 0 Å². The Bertz CT molecular complexity index is 808. The van der Waals surface area contributed by atoms with E-state index in [9.17, 15) is 4.79 Å². The van der Waals surface area contributed by atoms with Crippen LogP contribution in [0.1, 0.15) is 52.4 Å². The molecule has 1 N–H and O–H groups in total. The highest BCUT2D eigenvalue weighted by Crippen LogP contribution is 2.67. The summed E-state index contributed by atoms with van der Waals surface area (Å²) in [4.78, 5) is 16.1. The van der Waals surface area contributed by atoms with E-state index in [0.717, 1.165) is 17.5 Å². The molecule has 2 aromatic rings. The first-order chi connectivity index (χ1) is 12.5. The molecule has 1 amide bonds. The maximum atomic E-state index is 12.1. The number of benzene rings is 1. The van der Waals surface area contributed by atoms with Crippen LogP contribution in [0.25, 0.3) is 0 Å². The number of carbonyl (C=O) groups excluding carboxylic acids is 1. The van der Waals surface area contributed by atoms with E-state index in [4.69, 9.17) is 0 Å². The topological polar surface area (TPSA) is 46.9 Å². The number of rotatable bonds is 4. The molecule has 26 heavy (non-hydrogen) atoms. The average molecular weight is 351 g/mol. The highest BCUT2D eigenvalue weighted by Gasteiger charge is 2.57. The van der Waals surface area contributed by atoms with Crippen molar-refractivity contribution in [2.75, 3.05) is 5.32 Å².